The molecule has 318 valence electrons. The van der Waals surface area contributed by atoms with Gasteiger partial charge in [-0.25, -0.2) is 0 Å². The molecule has 8 aliphatic carbocycles. The quantitative estimate of drug-likeness (QED) is 0.164. The van der Waals surface area contributed by atoms with E-state index >= 15 is 0 Å². The van der Waals surface area contributed by atoms with Crippen molar-refractivity contribution in [2.75, 3.05) is 13.2 Å². The molecule has 4 aromatic rings. The molecule has 9 fully saturated rings. The summed E-state index contributed by atoms with van der Waals surface area (Å²) in [6, 6.07) is 32.5. The van der Waals surface area contributed by atoms with Crippen LogP contribution in [0.4, 0.5) is 0 Å². The van der Waals surface area contributed by atoms with E-state index in [4.69, 9.17) is 27.9 Å². The van der Waals surface area contributed by atoms with E-state index in [0.29, 0.717) is 29.5 Å². The maximum atomic E-state index is 11.9. The van der Waals surface area contributed by atoms with Crippen molar-refractivity contribution in [2.45, 2.75) is 110 Å². The fourth-order valence-electron chi connectivity index (χ4n) is 11.5. The second-order valence-corrected chi connectivity index (χ2v) is 19.8. The van der Waals surface area contributed by atoms with Gasteiger partial charge >= 0.3 is 18.9 Å². The van der Waals surface area contributed by atoms with Crippen molar-refractivity contribution in [1.82, 2.24) is 0 Å². The number of ketones is 1. The molecule has 13 rings (SSSR count). The predicted molar refractivity (Wildman–Crippen MR) is 252 cm³/mol. The van der Waals surface area contributed by atoms with Gasteiger partial charge in [-0.1, -0.05) is 127 Å². The summed E-state index contributed by atoms with van der Waals surface area (Å²) in [5, 5.41) is 13.5. The molecule has 0 aromatic heterocycles. The van der Waals surface area contributed by atoms with Crippen molar-refractivity contribution in [1.29, 1.82) is 0 Å². The van der Waals surface area contributed by atoms with Crippen molar-refractivity contribution < 1.29 is 33.5 Å². The van der Waals surface area contributed by atoms with Crippen LogP contribution in [0.5, 0.6) is 0 Å². The van der Waals surface area contributed by atoms with Gasteiger partial charge in [0, 0.05) is 39.6 Å². The van der Waals surface area contributed by atoms with Crippen molar-refractivity contribution in [2.24, 2.45) is 47.3 Å². The molecular formula is C53H66BrCl2LiO3. The molecule has 1 saturated heterocycles. The third-order valence-electron chi connectivity index (χ3n) is 14.0. The Morgan fingerprint density at radius 2 is 1.05 bits per heavy atom. The normalized spacial score (nSPS) is 29.5. The van der Waals surface area contributed by atoms with Crippen molar-refractivity contribution >= 4 is 44.9 Å². The number of benzene rings is 4. The van der Waals surface area contributed by atoms with Gasteiger partial charge < -0.3 is 16.8 Å². The molecule has 7 heteroatoms. The number of carbonyl (C=O) groups is 1. The fraction of sp³-hybridized carbons (Fsp3) is 0.509. The maximum absolute atomic E-state index is 11.9. The second kappa shape index (κ2) is 23.2. The van der Waals surface area contributed by atoms with E-state index in [0.717, 1.165) is 69.0 Å². The van der Waals surface area contributed by atoms with Gasteiger partial charge in [-0.05, 0) is 171 Å². The Balaban J connectivity index is 0.000000161. The van der Waals surface area contributed by atoms with Crippen LogP contribution in [0, 0.1) is 54.3 Å². The summed E-state index contributed by atoms with van der Waals surface area (Å²) in [6.45, 7) is 7.72. The molecule has 8 bridgehead atoms. The van der Waals surface area contributed by atoms with Crippen LogP contribution in [0.3, 0.4) is 0 Å². The van der Waals surface area contributed by atoms with Crippen LogP contribution in [0.15, 0.2) is 102 Å². The second-order valence-electron chi connectivity index (χ2n) is 18.0. The summed E-state index contributed by atoms with van der Waals surface area (Å²) < 4.78 is 6.04. The molecule has 60 heavy (non-hydrogen) atoms. The molecule has 1 aliphatic heterocycles. The zero-order valence-electron chi connectivity index (χ0n) is 35.3. The van der Waals surface area contributed by atoms with Gasteiger partial charge in [-0.3, -0.25) is 4.79 Å². The van der Waals surface area contributed by atoms with Crippen LogP contribution < -0.4 is 18.9 Å². The Morgan fingerprint density at radius 1 is 0.650 bits per heavy atom. The Labute approximate surface area is 392 Å². The van der Waals surface area contributed by atoms with Crippen LogP contribution >= 0.6 is 39.1 Å². The van der Waals surface area contributed by atoms with E-state index in [-0.39, 0.29) is 26.3 Å². The number of aliphatic hydroxyl groups is 1. The molecule has 0 atom stereocenters. The number of ether oxygens (including phenoxy) is 1. The van der Waals surface area contributed by atoms with E-state index in [1.54, 1.807) is 0 Å². The fourth-order valence-corrected chi connectivity index (χ4v) is 12.3. The first-order valence-electron chi connectivity index (χ1n) is 22.1. The monoisotopic (exact) mass is 906 g/mol. The molecule has 1 heterocycles. The summed E-state index contributed by atoms with van der Waals surface area (Å²) in [7, 11) is 0. The Bertz CT molecular complexity index is 1860. The number of rotatable bonds is 4. The number of hydrogen-bond acceptors (Lipinski definition) is 3. The van der Waals surface area contributed by atoms with Gasteiger partial charge in [-0.15, -0.1) is 0 Å². The minimum atomic E-state index is -0.649. The number of halogens is 3. The molecule has 0 unspecified atom stereocenters. The summed E-state index contributed by atoms with van der Waals surface area (Å²) in [5.74, 6) is 6.09. The first-order valence-corrected chi connectivity index (χ1v) is 23.7. The van der Waals surface area contributed by atoms with Crippen molar-refractivity contribution in [3.63, 3.8) is 0 Å². The van der Waals surface area contributed by atoms with Crippen LogP contribution in [0.1, 0.15) is 110 Å². The topological polar surface area (TPSA) is 46.5 Å². The van der Waals surface area contributed by atoms with E-state index in [9.17, 15) is 9.90 Å². The average Bonchev–Trinajstić information content (AvgIpc) is 3.84. The van der Waals surface area contributed by atoms with Crippen molar-refractivity contribution in [3.05, 3.63) is 124 Å². The molecular weight excluding hydrogens is 842 g/mol. The molecule has 0 spiro atoms. The zero-order chi connectivity index (χ0) is 40.6. The number of hydrogen-bond donors (Lipinski definition) is 1. The Morgan fingerprint density at radius 3 is 1.47 bits per heavy atom. The maximum Gasteiger partial charge on any atom is 1.00 e. The molecule has 0 radical (unpaired) electrons. The third kappa shape index (κ3) is 11.8. The van der Waals surface area contributed by atoms with Gasteiger partial charge in [0.2, 0.25) is 0 Å². The van der Waals surface area contributed by atoms with Gasteiger partial charge in [0.05, 0.1) is 5.60 Å². The zero-order valence-corrected chi connectivity index (χ0v) is 38.4. The minimum Gasteiger partial charge on any atom is -0.385 e. The molecule has 9 aliphatic rings. The van der Waals surface area contributed by atoms with E-state index in [1.165, 1.54) is 100 Å². The van der Waals surface area contributed by atoms with Crippen LogP contribution in [-0.4, -0.2) is 24.1 Å². The van der Waals surface area contributed by atoms with Gasteiger partial charge in [0.1, 0.15) is 5.78 Å². The SMILES string of the molecule is C.C1CCOC1.Clc1ccc(-c2ccccc2Br)cc1.O=C1C2CC3CC(C2)CC1C3.OC1(c2ccccc2-c2ccc(Cl)cc2)C2CC3CC(C2)CC1C3.[CH2-]CCC.[Li+]. The molecule has 8 saturated carbocycles. The first-order chi connectivity index (χ1) is 28.2. The smallest absolute Gasteiger partial charge is 0.385 e. The number of unbranched alkanes of at least 4 members (excludes halogenated alkanes) is 1. The molecule has 0 amide bonds. The van der Waals surface area contributed by atoms with Crippen LogP contribution in [-0.2, 0) is 15.1 Å². The van der Waals surface area contributed by atoms with Crippen LogP contribution in [0.25, 0.3) is 22.3 Å². The standard InChI is InChI=1S/C22H23ClO.C12H8BrCl.C10H14O.C4H8O.C4H9.CH4.Li/c23-19-7-5-16(6-8-19)20-3-1-2-4-21(20)22(24)17-10-14-9-15(12-17)13-18(22)11-14;13-12-4-2-1-3-11(12)9-5-7-10(14)8-6-9;11-10-8-2-6-1-7(4-8)5-9(10)3-6;1-2-4-5-3-1;1-3-4-2;;/h1-8,14-15,17-18,24H,9-13H2;1-8H;6-9H,1-5H2;1-4H2;1,3-4H2,2H3;1H4;/q;;;;-1;;+1. The summed E-state index contributed by atoms with van der Waals surface area (Å²) in [4.78, 5) is 11.6. The molecule has 3 nitrogen and oxygen atoms in total. The Kier molecular flexibility index (Phi) is 19.0. The minimum absolute atomic E-state index is 0. The van der Waals surface area contributed by atoms with E-state index in [1.807, 2.05) is 54.6 Å². The van der Waals surface area contributed by atoms with Crippen molar-refractivity contribution in [3.8, 4) is 22.3 Å². The van der Waals surface area contributed by atoms with E-state index < -0.39 is 5.60 Å². The van der Waals surface area contributed by atoms with Crippen LogP contribution in [0.2, 0.25) is 10.0 Å². The van der Waals surface area contributed by atoms with Gasteiger partial charge in [-0.2, -0.15) is 6.42 Å². The largest absolute Gasteiger partial charge is 1.00 e. The van der Waals surface area contributed by atoms with Gasteiger partial charge in [0.25, 0.3) is 0 Å². The third-order valence-corrected chi connectivity index (χ3v) is 15.2. The Hall–Kier alpha value is -1.87. The number of Topliss-reactive ketones (excluding diaryl/α,β-unsaturated/α-hetero) is 1. The summed E-state index contributed by atoms with van der Waals surface area (Å²) >= 11 is 15.4. The molecule has 4 aromatic carbocycles. The van der Waals surface area contributed by atoms with Gasteiger partial charge in [0.15, 0.2) is 0 Å². The van der Waals surface area contributed by atoms with E-state index in [2.05, 4.69) is 72.2 Å². The summed E-state index contributed by atoms with van der Waals surface area (Å²) in [6.07, 6.45) is 17.5. The predicted octanol–water partition coefficient (Wildman–Crippen LogP) is 12.5. The average molecular weight is 909 g/mol. The molecule has 1 N–H and O–H groups in total. The number of carbonyl (C=O) groups excluding carboxylic acids is 1. The summed E-state index contributed by atoms with van der Waals surface area (Å²) in [5.41, 5.74) is 5.16. The first kappa shape index (κ1) is 49.1.